The first kappa shape index (κ1) is 14.9. The molecule has 0 unspecified atom stereocenters. The van der Waals surface area contributed by atoms with Crippen molar-refractivity contribution in [2.45, 2.75) is 20.4 Å². The van der Waals surface area contributed by atoms with E-state index in [2.05, 4.69) is 31.2 Å². The van der Waals surface area contributed by atoms with Crippen LogP contribution in [-0.2, 0) is 6.54 Å². The van der Waals surface area contributed by atoms with E-state index in [-0.39, 0.29) is 11.8 Å². The maximum Gasteiger partial charge on any atom is 0.322 e. The first-order valence-electron chi connectivity index (χ1n) is 6.26. The molecule has 2 rings (SSSR count). The second-order valence-corrected chi connectivity index (χ2v) is 5.14. The third-order valence-corrected chi connectivity index (χ3v) is 3.21. The molecule has 6 heteroatoms. The Hall–Kier alpha value is -1.53. The van der Waals surface area contributed by atoms with Gasteiger partial charge in [-0.05, 0) is 31.7 Å². The van der Waals surface area contributed by atoms with Crippen LogP contribution in [0.1, 0.15) is 18.2 Å². The Morgan fingerprint density at radius 1 is 1.40 bits per heavy atom. The van der Waals surface area contributed by atoms with Crippen LogP contribution in [0.2, 0.25) is 0 Å². The molecule has 1 aromatic heterocycles. The summed E-state index contributed by atoms with van der Waals surface area (Å²) in [6.45, 7) is 5.49. The highest BCUT2D eigenvalue weighted by molar-refractivity contribution is 9.10. The van der Waals surface area contributed by atoms with Gasteiger partial charge in [0.25, 0.3) is 0 Å². The van der Waals surface area contributed by atoms with Crippen LogP contribution in [0.3, 0.4) is 0 Å². The Morgan fingerprint density at radius 3 is 2.85 bits per heavy atom. The number of hydrogen-bond donors (Lipinski definition) is 1. The smallest absolute Gasteiger partial charge is 0.322 e. The van der Waals surface area contributed by atoms with Gasteiger partial charge in [0.1, 0.15) is 0 Å². The van der Waals surface area contributed by atoms with Crippen molar-refractivity contribution >= 4 is 15.9 Å². The van der Waals surface area contributed by atoms with Crippen LogP contribution in [0.15, 0.2) is 28.9 Å². The summed E-state index contributed by atoms with van der Waals surface area (Å²) in [5, 5.41) is 3.20. The van der Waals surface area contributed by atoms with Gasteiger partial charge in [-0.3, -0.25) is 0 Å². The maximum absolute atomic E-state index is 13.7. The van der Waals surface area contributed by atoms with E-state index in [1.165, 1.54) is 12.1 Å². The summed E-state index contributed by atoms with van der Waals surface area (Å²) in [5.74, 6) is -0.357. The Labute approximate surface area is 125 Å². The molecule has 0 fully saturated rings. The lowest BCUT2D eigenvalue weighted by Gasteiger charge is -2.08. The molecule has 0 spiro atoms. The quantitative estimate of drug-likeness (QED) is 0.904. The number of hydrogen-bond acceptors (Lipinski definition) is 4. The molecule has 0 atom stereocenters. The highest BCUT2D eigenvalue weighted by Gasteiger charge is 2.09. The summed E-state index contributed by atoms with van der Waals surface area (Å²) in [6, 6.07) is 4.71. The number of aromatic nitrogens is 2. The fraction of sp³-hybridized carbons (Fsp3) is 0.286. The van der Waals surface area contributed by atoms with Gasteiger partial charge >= 0.3 is 6.01 Å². The van der Waals surface area contributed by atoms with Crippen molar-refractivity contribution in [2.75, 3.05) is 6.54 Å². The van der Waals surface area contributed by atoms with Crippen LogP contribution in [0.25, 0.3) is 0 Å². The van der Waals surface area contributed by atoms with Crippen molar-refractivity contribution in [2.24, 2.45) is 0 Å². The fourth-order valence-electron chi connectivity index (χ4n) is 1.61. The number of nitrogens with zero attached hydrogens (tertiary/aromatic N) is 2. The molecule has 1 aromatic carbocycles. The Bertz CT molecular complexity index is 607. The Kier molecular flexibility index (Phi) is 5.03. The van der Waals surface area contributed by atoms with E-state index in [0.29, 0.717) is 11.0 Å². The molecule has 2 aromatic rings. The maximum atomic E-state index is 13.7. The molecule has 0 bridgehead atoms. The normalized spacial score (nSPS) is 10.6. The van der Waals surface area contributed by atoms with Crippen LogP contribution in [0, 0.1) is 12.7 Å². The third-order valence-electron chi connectivity index (χ3n) is 2.72. The molecule has 1 N–H and O–H groups in total. The molecular formula is C14H15BrFN3O. The van der Waals surface area contributed by atoms with Crippen molar-refractivity contribution in [3.05, 3.63) is 45.9 Å². The number of aryl methyl sites for hydroxylation is 1. The SMILES string of the molecule is CCNCc1cnc(Oc2ccc(Br)cc2F)nc1C. The van der Waals surface area contributed by atoms with Crippen molar-refractivity contribution in [3.63, 3.8) is 0 Å². The van der Waals surface area contributed by atoms with Crippen molar-refractivity contribution in [1.82, 2.24) is 15.3 Å². The average molecular weight is 340 g/mol. The molecular weight excluding hydrogens is 325 g/mol. The van der Waals surface area contributed by atoms with E-state index < -0.39 is 5.82 Å². The van der Waals surface area contributed by atoms with E-state index in [9.17, 15) is 4.39 Å². The number of benzene rings is 1. The molecule has 0 aliphatic heterocycles. The largest absolute Gasteiger partial charge is 0.421 e. The minimum atomic E-state index is -0.461. The zero-order chi connectivity index (χ0) is 14.5. The molecule has 106 valence electrons. The van der Waals surface area contributed by atoms with Gasteiger partial charge in [0.05, 0.1) is 0 Å². The molecule has 0 aliphatic carbocycles. The zero-order valence-electron chi connectivity index (χ0n) is 11.3. The van der Waals surface area contributed by atoms with Gasteiger partial charge in [0.15, 0.2) is 11.6 Å². The van der Waals surface area contributed by atoms with Gasteiger partial charge in [-0.25, -0.2) is 9.37 Å². The molecule has 0 aliphatic rings. The topological polar surface area (TPSA) is 47.0 Å². The van der Waals surface area contributed by atoms with Crippen LogP contribution in [0.5, 0.6) is 11.8 Å². The standard InChI is InChI=1S/C14H15BrFN3O/c1-3-17-7-10-8-18-14(19-9(10)2)20-13-5-4-11(15)6-12(13)16/h4-6,8,17H,3,7H2,1-2H3. The van der Waals surface area contributed by atoms with E-state index in [4.69, 9.17) is 4.74 Å². The molecule has 0 saturated heterocycles. The highest BCUT2D eigenvalue weighted by Crippen LogP contribution is 2.25. The number of ether oxygens (including phenoxy) is 1. The molecule has 0 saturated carbocycles. The highest BCUT2D eigenvalue weighted by atomic mass is 79.9. The van der Waals surface area contributed by atoms with E-state index in [1.54, 1.807) is 12.3 Å². The minimum Gasteiger partial charge on any atom is -0.421 e. The van der Waals surface area contributed by atoms with Crippen LogP contribution in [0.4, 0.5) is 4.39 Å². The van der Waals surface area contributed by atoms with Gasteiger partial charge in [-0.15, -0.1) is 0 Å². The van der Waals surface area contributed by atoms with Crippen molar-refractivity contribution < 1.29 is 9.13 Å². The van der Waals surface area contributed by atoms with Crippen molar-refractivity contribution in [1.29, 1.82) is 0 Å². The summed E-state index contributed by atoms with van der Waals surface area (Å²) >= 11 is 3.19. The summed E-state index contributed by atoms with van der Waals surface area (Å²) in [6.07, 6.45) is 1.69. The second-order valence-electron chi connectivity index (χ2n) is 4.22. The average Bonchev–Trinajstić information content (AvgIpc) is 2.41. The predicted octanol–water partition coefficient (Wildman–Crippen LogP) is 3.59. The molecule has 0 amide bonds. The van der Waals surface area contributed by atoms with Gasteiger partial charge in [-0.2, -0.15) is 4.98 Å². The predicted molar refractivity (Wildman–Crippen MR) is 78.3 cm³/mol. The number of halogens is 2. The van der Waals surface area contributed by atoms with E-state index >= 15 is 0 Å². The molecule has 0 radical (unpaired) electrons. The zero-order valence-corrected chi connectivity index (χ0v) is 12.9. The summed E-state index contributed by atoms with van der Waals surface area (Å²) in [4.78, 5) is 8.33. The lowest BCUT2D eigenvalue weighted by atomic mass is 10.2. The monoisotopic (exact) mass is 339 g/mol. The molecule has 4 nitrogen and oxygen atoms in total. The summed E-state index contributed by atoms with van der Waals surface area (Å²) < 4.78 is 19.7. The first-order valence-corrected chi connectivity index (χ1v) is 7.05. The van der Waals surface area contributed by atoms with E-state index in [1.807, 2.05) is 13.8 Å². The minimum absolute atomic E-state index is 0.104. The number of rotatable bonds is 5. The molecule has 1 heterocycles. The number of nitrogens with one attached hydrogen (secondary N) is 1. The van der Waals surface area contributed by atoms with Crippen LogP contribution < -0.4 is 10.1 Å². The lowest BCUT2D eigenvalue weighted by molar-refractivity contribution is 0.409. The van der Waals surface area contributed by atoms with Crippen LogP contribution >= 0.6 is 15.9 Å². The third kappa shape index (κ3) is 3.74. The first-order chi connectivity index (χ1) is 9.60. The summed E-state index contributed by atoms with van der Waals surface area (Å²) in [7, 11) is 0. The van der Waals surface area contributed by atoms with Gasteiger partial charge in [-0.1, -0.05) is 22.9 Å². The molecule has 20 heavy (non-hydrogen) atoms. The second kappa shape index (κ2) is 6.76. The summed E-state index contributed by atoms with van der Waals surface area (Å²) in [5.41, 5.74) is 1.81. The van der Waals surface area contributed by atoms with E-state index in [0.717, 1.165) is 17.8 Å². The van der Waals surface area contributed by atoms with Crippen molar-refractivity contribution in [3.8, 4) is 11.8 Å². The Balaban J connectivity index is 2.15. The fourth-order valence-corrected chi connectivity index (χ4v) is 1.94. The van der Waals surface area contributed by atoms with Gasteiger partial charge in [0.2, 0.25) is 0 Å². The Morgan fingerprint density at radius 2 is 2.20 bits per heavy atom. The van der Waals surface area contributed by atoms with Crippen LogP contribution in [-0.4, -0.2) is 16.5 Å². The van der Waals surface area contributed by atoms with Gasteiger partial charge < -0.3 is 10.1 Å². The van der Waals surface area contributed by atoms with Gasteiger partial charge in [0, 0.05) is 28.5 Å². The lowest BCUT2D eigenvalue weighted by Crippen LogP contribution is -2.13.